The molecule has 0 bridgehead atoms. The van der Waals surface area contributed by atoms with E-state index in [1.165, 1.54) is 18.2 Å². The normalized spacial score (nSPS) is 11.4. The van der Waals surface area contributed by atoms with Gasteiger partial charge in [-0.25, -0.2) is 13.4 Å². The second kappa shape index (κ2) is 6.01. The molecule has 0 aliphatic carbocycles. The van der Waals surface area contributed by atoms with Crippen LogP contribution in [0.3, 0.4) is 0 Å². The standard InChI is InChI=1S/C12H9Br2ClN2O2S/c1-7-11(4-5-12(14)16-7)17-20(18,19)8-2-3-10(15)9(13)6-8/h2-6,17H,1H3. The van der Waals surface area contributed by atoms with Gasteiger partial charge in [-0.3, -0.25) is 4.72 Å². The van der Waals surface area contributed by atoms with Gasteiger partial charge in [-0.05, 0) is 69.1 Å². The lowest BCUT2D eigenvalue weighted by molar-refractivity contribution is 0.601. The number of rotatable bonds is 3. The van der Waals surface area contributed by atoms with Gasteiger partial charge in [0.15, 0.2) is 0 Å². The largest absolute Gasteiger partial charge is 0.278 e. The monoisotopic (exact) mass is 438 g/mol. The number of pyridine rings is 1. The van der Waals surface area contributed by atoms with Crippen LogP contribution in [-0.4, -0.2) is 13.4 Å². The Bertz CT molecular complexity index is 766. The summed E-state index contributed by atoms with van der Waals surface area (Å²) in [6.07, 6.45) is 0. The van der Waals surface area contributed by atoms with Gasteiger partial charge in [0.05, 0.1) is 21.3 Å². The fourth-order valence-corrected chi connectivity index (χ4v) is 3.68. The second-order valence-corrected chi connectivity index (χ2v) is 7.70. The summed E-state index contributed by atoms with van der Waals surface area (Å²) in [5.41, 5.74) is 1.01. The maximum absolute atomic E-state index is 12.3. The highest BCUT2D eigenvalue weighted by atomic mass is 79.9. The van der Waals surface area contributed by atoms with Crippen molar-refractivity contribution in [2.45, 2.75) is 11.8 Å². The summed E-state index contributed by atoms with van der Waals surface area (Å²) >= 11 is 12.3. The fourth-order valence-electron chi connectivity index (χ4n) is 1.49. The molecule has 1 N–H and O–H groups in total. The van der Waals surface area contributed by atoms with Gasteiger partial charge >= 0.3 is 0 Å². The number of anilines is 1. The molecule has 20 heavy (non-hydrogen) atoms. The van der Waals surface area contributed by atoms with Crippen molar-refractivity contribution in [3.05, 3.63) is 50.1 Å². The zero-order chi connectivity index (χ0) is 14.9. The van der Waals surface area contributed by atoms with E-state index in [2.05, 4.69) is 41.6 Å². The molecule has 0 saturated carbocycles. The Morgan fingerprint density at radius 2 is 1.90 bits per heavy atom. The van der Waals surface area contributed by atoms with E-state index < -0.39 is 10.0 Å². The number of hydrogen-bond acceptors (Lipinski definition) is 3. The molecule has 4 nitrogen and oxygen atoms in total. The topological polar surface area (TPSA) is 59.1 Å². The third-order valence-electron chi connectivity index (χ3n) is 2.50. The smallest absolute Gasteiger partial charge is 0.261 e. The Kier molecular flexibility index (Phi) is 4.73. The van der Waals surface area contributed by atoms with Crippen molar-refractivity contribution in [3.63, 3.8) is 0 Å². The third-order valence-corrected chi connectivity index (χ3v) is 5.52. The van der Waals surface area contributed by atoms with E-state index in [-0.39, 0.29) is 4.90 Å². The number of benzene rings is 1. The molecular weight excluding hydrogens is 431 g/mol. The van der Waals surface area contributed by atoms with E-state index in [9.17, 15) is 8.42 Å². The van der Waals surface area contributed by atoms with Gasteiger partial charge in [0, 0.05) is 4.47 Å². The first kappa shape index (κ1) is 15.8. The fraction of sp³-hybridized carbons (Fsp3) is 0.0833. The maximum Gasteiger partial charge on any atom is 0.261 e. The second-order valence-electron chi connectivity index (χ2n) is 3.95. The molecule has 0 saturated heterocycles. The Hall–Kier alpha value is -0.630. The quantitative estimate of drug-likeness (QED) is 0.721. The highest BCUT2D eigenvalue weighted by Crippen LogP contribution is 2.27. The van der Waals surface area contributed by atoms with Gasteiger partial charge in [0.2, 0.25) is 0 Å². The van der Waals surface area contributed by atoms with Crippen molar-refractivity contribution in [1.82, 2.24) is 4.98 Å². The minimum Gasteiger partial charge on any atom is -0.278 e. The molecule has 0 fully saturated rings. The average Bonchev–Trinajstić information content (AvgIpc) is 2.36. The molecule has 0 amide bonds. The van der Waals surface area contributed by atoms with Crippen LogP contribution in [0.4, 0.5) is 5.69 Å². The lowest BCUT2D eigenvalue weighted by Gasteiger charge is -2.10. The summed E-state index contributed by atoms with van der Waals surface area (Å²) in [4.78, 5) is 4.26. The van der Waals surface area contributed by atoms with Crippen LogP contribution in [0.25, 0.3) is 0 Å². The van der Waals surface area contributed by atoms with Gasteiger partial charge in [-0.15, -0.1) is 0 Å². The highest BCUT2D eigenvalue weighted by Gasteiger charge is 2.16. The zero-order valence-electron chi connectivity index (χ0n) is 10.2. The number of hydrogen-bond donors (Lipinski definition) is 1. The van der Waals surface area contributed by atoms with Crippen LogP contribution in [0.2, 0.25) is 5.02 Å². The zero-order valence-corrected chi connectivity index (χ0v) is 14.9. The molecule has 0 unspecified atom stereocenters. The van der Waals surface area contributed by atoms with Crippen LogP contribution in [0.15, 0.2) is 44.3 Å². The van der Waals surface area contributed by atoms with E-state index in [0.29, 0.717) is 25.5 Å². The minimum absolute atomic E-state index is 0.121. The molecule has 106 valence electrons. The summed E-state index contributed by atoms with van der Waals surface area (Å²) < 4.78 is 28.2. The van der Waals surface area contributed by atoms with Crippen molar-refractivity contribution >= 4 is 59.2 Å². The van der Waals surface area contributed by atoms with E-state index >= 15 is 0 Å². The van der Waals surface area contributed by atoms with Crippen molar-refractivity contribution < 1.29 is 8.42 Å². The van der Waals surface area contributed by atoms with E-state index in [1.807, 2.05) is 0 Å². The number of nitrogens with one attached hydrogen (secondary N) is 1. The molecule has 0 atom stereocenters. The number of aromatic nitrogens is 1. The van der Waals surface area contributed by atoms with Crippen molar-refractivity contribution in [2.24, 2.45) is 0 Å². The van der Waals surface area contributed by atoms with Gasteiger partial charge in [0.1, 0.15) is 4.60 Å². The third kappa shape index (κ3) is 3.52. The predicted molar refractivity (Wildman–Crippen MR) is 86.6 cm³/mol. The summed E-state index contributed by atoms with van der Waals surface area (Å²) in [6, 6.07) is 7.73. The molecular formula is C12H9Br2ClN2O2S. The Labute approximate surface area is 138 Å². The molecule has 2 aromatic rings. The maximum atomic E-state index is 12.3. The Balaban J connectivity index is 2.38. The molecule has 8 heteroatoms. The minimum atomic E-state index is -3.68. The molecule has 0 spiro atoms. The molecule has 1 aromatic heterocycles. The molecule has 2 rings (SSSR count). The van der Waals surface area contributed by atoms with Gasteiger partial charge < -0.3 is 0 Å². The highest BCUT2D eigenvalue weighted by molar-refractivity contribution is 9.10. The van der Waals surface area contributed by atoms with Gasteiger partial charge in [0.25, 0.3) is 10.0 Å². The summed E-state index contributed by atoms with van der Waals surface area (Å²) in [7, 11) is -3.68. The first-order valence-corrected chi connectivity index (χ1v) is 8.85. The van der Waals surface area contributed by atoms with Crippen LogP contribution >= 0.6 is 43.5 Å². The molecule has 1 aromatic carbocycles. The number of halogens is 3. The van der Waals surface area contributed by atoms with Crippen LogP contribution < -0.4 is 4.72 Å². The number of nitrogens with zero attached hydrogens (tertiary/aromatic N) is 1. The molecule has 1 heterocycles. The molecule has 0 aliphatic heterocycles. The Morgan fingerprint density at radius 1 is 1.20 bits per heavy atom. The number of sulfonamides is 1. The Morgan fingerprint density at radius 3 is 2.50 bits per heavy atom. The van der Waals surface area contributed by atoms with Crippen molar-refractivity contribution in [1.29, 1.82) is 0 Å². The molecule has 0 aliphatic rings. The lowest BCUT2D eigenvalue weighted by Crippen LogP contribution is -2.14. The van der Waals surface area contributed by atoms with E-state index in [4.69, 9.17) is 11.6 Å². The van der Waals surface area contributed by atoms with Crippen molar-refractivity contribution in [3.8, 4) is 0 Å². The molecule has 0 radical (unpaired) electrons. The van der Waals surface area contributed by atoms with Crippen LogP contribution in [0.5, 0.6) is 0 Å². The van der Waals surface area contributed by atoms with E-state index in [0.717, 1.165) is 0 Å². The SMILES string of the molecule is Cc1nc(Br)ccc1NS(=O)(=O)c1ccc(Cl)c(Br)c1. The summed E-state index contributed by atoms with van der Waals surface area (Å²) in [5.74, 6) is 0. The lowest BCUT2D eigenvalue weighted by atomic mass is 10.3. The van der Waals surface area contributed by atoms with Crippen LogP contribution in [0, 0.1) is 6.92 Å². The van der Waals surface area contributed by atoms with E-state index in [1.54, 1.807) is 19.1 Å². The van der Waals surface area contributed by atoms with Gasteiger partial charge in [-0.1, -0.05) is 11.6 Å². The van der Waals surface area contributed by atoms with Crippen molar-refractivity contribution in [2.75, 3.05) is 4.72 Å². The summed E-state index contributed by atoms with van der Waals surface area (Å²) in [5, 5.41) is 0.449. The first-order chi connectivity index (χ1) is 9.29. The average molecular weight is 441 g/mol. The summed E-state index contributed by atoms with van der Waals surface area (Å²) in [6.45, 7) is 1.72. The van der Waals surface area contributed by atoms with Crippen LogP contribution in [-0.2, 0) is 10.0 Å². The van der Waals surface area contributed by atoms with Gasteiger partial charge in [-0.2, -0.15) is 0 Å². The predicted octanol–water partition coefficient (Wildman–Crippen LogP) is 4.37. The number of aryl methyl sites for hydroxylation is 1. The van der Waals surface area contributed by atoms with Crippen LogP contribution in [0.1, 0.15) is 5.69 Å². The first-order valence-electron chi connectivity index (χ1n) is 5.40.